The Hall–Kier alpha value is -4.75. The number of nitrogens with one attached hydrogen (secondary N) is 3. The Kier molecular flexibility index (Phi) is 10.8. The third-order valence-corrected chi connectivity index (χ3v) is 7.80. The van der Waals surface area contributed by atoms with Gasteiger partial charge in [-0.1, -0.05) is 37.2 Å². The summed E-state index contributed by atoms with van der Waals surface area (Å²) >= 11 is 1.19. The van der Waals surface area contributed by atoms with Crippen LogP contribution in [0.3, 0.4) is 0 Å². The largest absolute Gasteiger partial charge is 0.468 e. The van der Waals surface area contributed by atoms with Gasteiger partial charge in [0.1, 0.15) is 5.76 Å². The number of carbonyl (C=O) groups is 3. The first-order chi connectivity index (χ1) is 20.8. The predicted molar refractivity (Wildman–Crippen MR) is 167 cm³/mol. The maximum absolute atomic E-state index is 13.6. The van der Waals surface area contributed by atoms with Crippen LogP contribution in [0.15, 0.2) is 93.2 Å². The van der Waals surface area contributed by atoms with Gasteiger partial charge in [-0.05, 0) is 80.8 Å². The summed E-state index contributed by atoms with van der Waals surface area (Å²) in [7, 11) is 0. The van der Waals surface area contributed by atoms with Crippen LogP contribution in [0.2, 0.25) is 0 Å². The van der Waals surface area contributed by atoms with Crippen LogP contribution >= 0.6 is 11.8 Å². The molecule has 1 aliphatic rings. The number of carbonyl (C=O) groups excluding carboxylic acids is 3. The van der Waals surface area contributed by atoms with Crippen LogP contribution < -0.4 is 16.0 Å². The lowest BCUT2D eigenvalue weighted by atomic mass is 9.85. The molecular formula is C33H34N4O5S. The molecule has 1 atom stereocenters. The Morgan fingerprint density at radius 2 is 1.72 bits per heavy atom. The number of dihydropyridines is 1. The van der Waals surface area contributed by atoms with Crippen molar-refractivity contribution in [2.75, 3.05) is 23.0 Å². The summed E-state index contributed by atoms with van der Waals surface area (Å²) in [5, 5.41) is 19.6. The molecular weight excluding hydrogens is 564 g/mol. The predicted octanol–water partition coefficient (Wildman–Crippen LogP) is 6.51. The molecule has 3 N–H and O–H groups in total. The van der Waals surface area contributed by atoms with Gasteiger partial charge in [-0.25, -0.2) is 4.79 Å². The fourth-order valence-electron chi connectivity index (χ4n) is 4.64. The average Bonchev–Trinajstić information content (AvgIpc) is 3.54. The van der Waals surface area contributed by atoms with E-state index < -0.39 is 17.8 Å². The lowest BCUT2D eigenvalue weighted by Crippen LogP contribution is -2.31. The van der Waals surface area contributed by atoms with Crippen LogP contribution in [0.1, 0.15) is 61.2 Å². The van der Waals surface area contributed by atoms with Crippen LogP contribution in [0.25, 0.3) is 0 Å². The molecule has 0 unspecified atom stereocenters. The van der Waals surface area contributed by atoms with Crippen LogP contribution in [-0.4, -0.2) is 30.1 Å². The highest BCUT2D eigenvalue weighted by Crippen LogP contribution is 2.41. The fraction of sp³-hybridized carbons (Fsp3) is 0.273. The standard InChI is InChI=1S/C33H34N4O5S/c1-4-6-8-22-10-14-24(15-11-22)36-28(38)20-43-32-26(19-34)30(27-9-7-18-42-27)29(21(3)35-32)31(39)37-25-16-12-23(13-17-25)33(40)41-5-2/h7,9-18,30,35H,4-6,8,20H2,1-3H3,(H,36,38)(H,37,39)/t30-/m1/s1. The molecule has 1 aromatic heterocycles. The first-order valence-electron chi connectivity index (χ1n) is 14.1. The van der Waals surface area contributed by atoms with Crippen molar-refractivity contribution >= 4 is 40.9 Å². The first-order valence-corrected chi connectivity index (χ1v) is 15.1. The monoisotopic (exact) mass is 598 g/mol. The third kappa shape index (κ3) is 7.96. The smallest absolute Gasteiger partial charge is 0.338 e. The summed E-state index contributed by atoms with van der Waals surface area (Å²) in [6.45, 7) is 5.88. The van der Waals surface area contributed by atoms with Crippen molar-refractivity contribution in [3.8, 4) is 6.07 Å². The summed E-state index contributed by atoms with van der Waals surface area (Å²) in [6.07, 6.45) is 4.73. The SMILES string of the molecule is CCCCc1ccc(NC(=O)CSC2=C(C#N)[C@H](c3ccco3)C(C(=O)Nc3ccc(C(=O)OCC)cc3)=C(C)N2)cc1. The Morgan fingerprint density at radius 3 is 2.35 bits per heavy atom. The minimum Gasteiger partial charge on any atom is -0.468 e. The van der Waals surface area contributed by atoms with Crippen LogP contribution in [0, 0.1) is 11.3 Å². The van der Waals surface area contributed by atoms with E-state index in [1.54, 1.807) is 50.2 Å². The molecule has 4 rings (SSSR count). The van der Waals surface area contributed by atoms with E-state index in [0.29, 0.717) is 39.0 Å². The molecule has 0 spiro atoms. The molecule has 9 nitrogen and oxygen atoms in total. The van der Waals surface area contributed by atoms with E-state index in [9.17, 15) is 19.6 Å². The molecule has 43 heavy (non-hydrogen) atoms. The lowest BCUT2D eigenvalue weighted by molar-refractivity contribution is -0.114. The minimum atomic E-state index is -0.790. The number of aryl methyl sites for hydroxylation is 1. The maximum Gasteiger partial charge on any atom is 0.338 e. The Morgan fingerprint density at radius 1 is 1.02 bits per heavy atom. The number of ether oxygens (including phenoxy) is 1. The molecule has 10 heteroatoms. The minimum absolute atomic E-state index is 0.0532. The van der Waals surface area contributed by atoms with Gasteiger partial charge >= 0.3 is 5.97 Å². The van der Waals surface area contributed by atoms with Gasteiger partial charge in [-0.15, -0.1) is 0 Å². The van der Waals surface area contributed by atoms with Gasteiger partial charge in [0.25, 0.3) is 5.91 Å². The molecule has 1 aliphatic heterocycles. The van der Waals surface area contributed by atoms with Crippen LogP contribution in [-0.2, 0) is 20.7 Å². The normalized spacial score (nSPS) is 14.5. The van der Waals surface area contributed by atoms with Crippen molar-refractivity contribution in [1.82, 2.24) is 5.32 Å². The van der Waals surface area contributed by atoms with Gasteiger partial charge < -0.3 is 25.1 Å². The Balaban J connectivity index is 1.49. The number of unbranched alkanes of at least 4 members (excludes halogenated alkanes) is 1. The number of amides is 2. The fourth-order valence-corrected chi connectivity index (χ4v) is 5.53. The number of benzene rings is 2. The summed E-state index contributed by atoms with van der Waals surface area (Å²) in [5.41, 5.74) is 3.85. The molecule has 0 saturated heterocycles. The molecule has 2 amide bonds. The van der Waals surface area contributed by atoms with E-state index in [1.807, 2.05) is 24.3 Å². The van der Waals surface area contributed by atoms with Gasteiger partial charge in [0.15, 0.2) is 0 Å². The number of thioether (sulfide) groups is 1. The van der Waals surface area contributed by atoms with Crippen molar-refractivity contribution in [2.24, 2.45) is 0 Å². The van der Waals surface area contributed by atoms with Crippen molar-refractivity contribution in [2.45, 2.75) is 46.0 Å². The molecule has 222 valence electrons. The van der Waals surface area contributed by atoms with Crippen LogP contribution in [0.4, 0.5) is 11.4 Å². The van der Waals surface area contributed by atoms with Gasteiger partial charge in [-0.2, -0.15) is 5.26 Å². The molecule has 3 aromatic rings. The highest BCUT2D eigenvalue weighted by atomic mass is 32.2. The summed E-state index contributed by atoms with van der Waals surface area (Å²) in [5.74, 6) is -1.42. The number of rotatable bonds is 12. The van der Waals surface area contributed by atoms with Crippen LogP contribution in [0.5, 0.6) is 0 Å². The maximum atomic E-state index is 13.6. The van der Waals surface area contributed by atoms with E-state index >= 15 is 0 Å². The second-order valence-electron chi connectivity index (χ2n) is 9.86. The van der Waals surface area contributed by atoms with Crippen molar-refractivity contribution in [1.29, 1.82) is 5.26 Å². The Labute approximate surface area is 255 Å². The molecule has 0 saturated carbocycles. The highest BCUT2D eigenvalue weighted by Gasteiger charge is 2.36. The topological polar surface area (TPSA) is 133 Å². The zero-order chi connectivity index (χ0) is 30.8. The molecule has 2 aromatic carbocycles. The zero-order valence-electron chi connectivity index (χ0n) is 24.4. The second kappa shape index (κ2) is 14.9. The second-order valence-corrected chi connectivity index (χ2v) is 10.8. The average molecular weight is 599 g/mol. The number of anilines is 2. The molecule has 0 radical (unpaired) electrons. The van der Waals surface area contributed by atoms with E-state index in [4.69, 9.17) is 9.15 Å². The molecule has 2 heterocycles. The zero-order valence-corrected chi connectivity index (χ0v) is 25.2. The van der Waals surface area contributed by atoms with Gasteiger partial charge in [0, 0.05) is 17.1 Å². The van der Waals surface area contributed by atoms with Crippen molar-refractivity contribution < 1.29 is 23.5 Å². The van der Waals surface area contributed by atoms with Gasteiger partial charge in [0.05, 0.1) is 52.3 Å². The molecule has 0 fully saturated rings. The van der Waals surface area contributed by atoms with Gasteiger partial charge in [-0.3, -0.25) is 9.59 Å². The van der Waals surface area contributed by atoms with Gasteiger partial charge in [0.2, 0.25) is 5.91 Å². The van der Waals surface area contributed by atoms with E-state index in [2.05, 4.69) is 28.9 Å². The number of furan rings is 1. The summed E-state index contributed by atoms with van der Waals surface area (Å²) in [4.78, 5) is 38.3. The van der Waals surface area contributed by atoms with E-state index in [0.717, 1.165) is 19.3 Å². The number of hydrogen-bond acceptors (Lipinski definition) is 8. The Bertz CT molecular complexity index is 1550. The number of esters is 1. The van der Waals surface area contributed by atoms with Crippen molar-refractivity contribution in [3.05, 3.63) is 106 Å². The highest BCUT2D eigenvalue weighted by molar-refractivity contribution is 8.03. The number of nitrogens with zero attached hydrogens (tertiary/aromatic N) is 1. The molecule has 0 bridgehead atoms. The van der Waals surface area contributed by atoms with E-state index in [-0.39, 0.29) is 23.8 Å². The summed E-state index contributed by atoms with van der Waals surface area (Å²) in [6, 6.07) is 19.8. The van der Waals surface area contributed by atoms with E-state index in [1.165, 1.54) is 23.6 Å². The number of nitriles is 1. The quantitative estimate of drug-likeness (QED) is 0.201. The van der Waals surface area contributed by atoms with Crippen molar-refractivity contribution in [3.63, 3.8) is 0 Å². The number of hydrogen-bond donors (Lipinski definition) is 3. The first kappa shape index (κ1) is 31.2. The molecule has 0 aliphatic carbocycles. The lowest BCUT2D eigenvalue weighted by Gasteiger charge is -2.28. The third-order valence-electron chi connectivity index (χ3n) is 6.78. The summed E-state index contributed by atoms with van der Waals surface area (Å²) < 4.78 is 10.7. The number of allylic oxidation sites excluding steroid dienone is 2.